The van der Waals surface area contributed by atoms with Gasteiger partial charge in [-0.25, -0.2) is 4.98 Å². The summed E-state index contributed by atoms with van der Waals surface area (Å²) in [5.41, 5.74) is 2.59. The molecule has 0 radical (unpaired) electrons. The summed E-state index contributed by atoms with van der Waals surface area (Å²) in [6.45, 7) is 11.3. The number of hydrogen-bond acceptors (Lipinski definition) is 3. The molecule has 188 valence electrons. The van der Waals surface area contributed by atoms with E-state index in [0.717, 1.165) is 37.8 Å². The first-order valence-electron chi connectivity index (χ1n) is 13.3. The van der Waals surface area contributed by atoms with Crippen molar-refractivity contribution in [2.45, 2.75) is 85.6 Å². The minimum Gasteiger partial charge on any atom is -0.332 e. The van der Waals surface area contributed by atoms with Crippen LogP contribution in [0.4, 0.5) is 0 Å². The molecule has 0 saturated carbocycles. The van der Waals surface area contributed by atoms with Gasteiger partial charge in [0.05, 0.1) is 22.6 Å². The minimum absolute atomic E-state index is 0.0896. The third kappa shape index (κ3) is 6.39. The van der Waals surface area contributed by atoms with Crippen molar-refractivity contribution in [2.75, 3.05) is 6.54 Å². The summed E-state index contributed by atoms with van der Waals surface area (Å²) < 4.78 is 1.73. The fraction of sp³-hybridized carbons (Fsp3) is 0.500. The molecule has 3 aromatic rings. The Balaban J connectivity index is 2.15. The van der Waals surface area contributed by atoms with Gasteiger partial charge < -0.3 is 4.90 Å². The van der Waals surface area contributed by atoms with Crippen molar-refractivity contribution in [3.63, 3.8) is 0 Å². The van der Waals surface area contributed by atoms with Crippen LogP contribution in [0.1, 0.15) is 90.6 Å². The molecule has 0 aliphatic heterocycles. The molecule has 1 atom stereocenters. The van der Waals surface area contributed by atoms with Crippen molar-refractivity contribution in [1.82, 2.24) is 14.5 Å². The number of unbranched alkanes of at least 4 members (excludes halogenated alkanes) is 3. The lowest BCUT2D eigenvalue weighted by molar-refractivity contribution is -0.134. The van der Waals surface area contributed by atoms with Gasteiger partial charge >= 0.3 is 0 Å². The zero-order chi connectivity index (χ0) is 25.4. The molecule has 35 heavy (non-hydrogen) atoms. The maximum atomic E-state index is 13.8. The Hall–Kier alpha value is -2.95. The SMILES string of the molecule is CCCCCCC(=O)N(CC(C)C)C(CC)c1nc2ccccc2c(=O)n1-c1ccc(CC)cc1. The van der Waals surface area contributed by atoms with E-state index in [2.05, 4.69) is 46.8 Å². The molecule has 0 bridgehead atoms. The summed E-state index contributed by atoms with van der Waals surface area (Å²) in [6.07, 6.45) is 6.41. The van der Waals surface area contributed by atoms with E-state index in [4.69, 9.17) is 4.98 Å². The first-order valence-corrected chi connectivity index (χ1v) is 13.3. The molecule has 5 heteroatoms. The van der Waals surface area contributed by atoms with Gasteiger partial charge in [-0.1, -0.05) is 78.1 Å². The van der Waals surface area contributed by atoms with Gasteiger partial charge in [-0.2, -0.15) is 0 Å². The highest BCUT2D eigenvalue weighted by Gasteiger charge is 2.29. The van der Waals surface area contributed by atoms with E-state index in [1.54, 1.807) is 4.57 Å². The fourth-order valence-electron chi connectivity index (χ4n) is 4.69. The third-order valence-corrected chi connectivity index (χ3v) is 6.59. The highest BCUT2D eigenvalue weighted by molar-refractivity contribution is 5.79. The van der Waals surface area contributed by atoms with Gasteiger partial charge in [-0.05, 0) is 55.0 Å². The number of nitrogens with zero attached hydrogens (tertiary/aromatic N) is 3. The molecule has 0 N–H and O–H groups in total. The van der Waals surface area contributed by atoms with Crippen molar-refractivity contribution in [3.05, 3.63) is 70.3 Å². The second kappa shape index (κ2) is 12.7. The third-order valence-electron chi connectivity index (χ3n) is 6.59. The Morgan fingerprint density at radius 2 is 1.69 bits per heavy atom. The average Bonchev–Trinajstić information content (AvgIpc) is 2.86. The second-order valence-electron chi connectivity index (χ2n) is 9.82. The molecule has 0 aliphatic carbocycles. The number of amides is 1. The summed E-state index contributed by atoms with van der Waals surface area (Å²) in [7, 11) is 0. The smallest absolute Gasteiger partial charge is 0.266 e. The van der Waals surface area contributed by atoms with E-state index in [-0.39, 0.29) is 17.5 Å². The van der Waals surface area contributed by atoms with E-state index in [1.807, 2.05) is 41.3 Å². The van der Waals surface area contributed by atoms with Crippen LogP contribution in [0, 0.1) is 5.92 Å². The number of aryl methyl sites for hydroxylation is 1. The monoisotopic (exact) mass is 475 g/mol. The van der Waals surface area contributed by atoms with E-state index < -0.39 is 0 Å². The van der Waals surface area contributed by atoms with Gasteiger partial charge in [0.25, 0.3) is 5.56 Å². The Bertz CT molecular complexity index is 1160. The Morgan fingerprint density at radius 1 is 0.971 bits per heavy atom. The standard InChI is InChI=1S/C30H41N3O2/c1-6-9-10-11-16-28(34)32(21-22(4)5)27(8-3)29-31-26-15-13-12-14-25(26)30(35)33(29)24-19-17-23(7-2)18-20-24/h12-15,17-20,22,27H,6-11,16,21H2,1-5H3. The zero-order valence-electron chi connectivity index (χ0n) is 22.1. The van der Waals surface area contributed by atoms with Gasteiger partial charge in [-0.3, -0.25) is 14.2 Å². The van der Waals surface area contributed by atoms with Gasteiger partial charge in [0.15, 0.2) is 0 Å². The largest absolute Gasteiger partial charge is 0.332 e. The van der Waals surface area contributed by atoms with Crippen LogP contribution in [0.2, 0.25) is 0 Å². The molecule has 5 nitrogen and oxygen atoms in total. The average molecular weight is 476 g/mol. The molecular formula is C30H41N3O2. The second-order valence-corrected chi connectivity index (χ2v) is 9.82. The van der Waals surface area contributed by atoms with Gasteiger partial charge in [0.2, 0.25) is 5.91 Å². The highest BCUT2D eigenvalue weighted by Crippen LogP contribution is 2.28. The predicted octanol–water partition coefficient (Wildman–Crippen LogP) is 6.85. The maximum Gasteiger partial charge on any atom is 0.266 e. The van der Waals surface area contributed by atoms with Gasteiger partial charge in [-0.15, -0.1) is 0 Å². The molecule has 1 amide bonds. The fourth-order valence-corrected chi connectivity index (χ4v) is 4.69. The lowest BCUT2D eigenvalue weighted by atomic mass is 10.1. The molecule has 0 aliphatic rings. The maximum absolute atomic E-state index is 13.8. The van der Waals surface area contributed by atoms with Crippen LogP contribution in [-0.2, 0) is 11.2 Å². The molecule has 2 aromatic carbocycles. The van der Waals surface area contributed by atoms with Crippen LogP contribution >= 0.6 is 0 Å². The number of carbonyl (C=O) groups is 1. The number of para-hydroxylation sites is 1. The van der Waals surface area contributed by atoms with Crippen LogP contribution in [0.3, 0.4) is 0 Å². The predicted molar refractivity (Wildman–Crippen MR) is 145 cm³/mol. The van der Waals surface area contributed by atoms with E-state index in [9.17, 15) is 9.59 Å². The summed E-state index contributed by atoms with van der Waals surface area (Å²) in [4.78, 5) is 34.3. The number of rotatable bonds is 12. The first kappa shape index (κ1) is 26.7. The topological polar surface area (TPSA) is 55.2 Å². The Kier molecular flexibility index (Phi) is 9.64. The van der Waals surface area contributed by atoms with Crippen LogP contribution in [-0.4, -0.2) is 26.9 Å². The Labute approximate surface area is 210 Å². The molecule has 3 rings (SSSR count). The van der Waals surface area contributed by atoms with Crippen LogP contribution < -0.4 is 5.56 Å². The highest BCUT2D eigenvalue weighted by atomic mass is 16.2. The number of aromatic nitrogens is 2. The number of benzene rings is 2. The van der Waals surface area contributed by atoms with Crippen molar-refractivity contribution in [2.24, 2.45) is 5.92 Å². The van der Waals surface area contributed by atoms with Crippen molar-refractivity contribution in [3.8, 4) is 5.69 Å². The summed E-state index contributed by atoms with van der Waals surface area (Å²) in [6, 6.07) is 15.3. The molecule has 1 heterocycles. The number of fused-ring (bicyclic) bond motifs is 1. The van der Waals surface area contributed by atoms with E-state index in [0.29, 0.717) is 42.0 Å². The summed E-state index contributed by atoms with van der Waals surface area (Å²) in [5, 5.41) is 0.590. The molecular weight excluding hydrogens is 434 g/mol. The molecule has 1 unspecified atom stereocenters. The number of hydrogen-bond donors (Lipinski definition) is 0. The lowest BCUT2D eigenvalue weighted by Crippen LogP contribution is -2.40. The molecule has 0 fully saturated rings. The van der Waals surface area contributed by atoms with E-state index in [1.165, 1.54) is 5.56 Å². The Morgan fingerprint density at radius 3 is 2.31 bits per heavy atom. The first-order chi connectivity index (χ1) is 16.9. The summed E-state index contributed by atoms with van der Waals surface area (Å²) in [5.74, 6) is 1.10. The van der Waals surface area contributed by atoms with Crippen LogP contribution in [0.25, 0.3) is 16.6 Å². The van der Waals surface area contributed by atoms with Crippen LogP contribution in [0.15, 0.2) is 53.3 Å². The normalized spacial score (nSPS) is 12.3. The van der Waals surface area contributed by atoms with Crippen LogP contribution in [0.5, 0.6) is 0 Å². The van der Waals surface area contributed by atoms with Crippen molar-refractivity contribution < 1.29 is 4.79 Å². The van der Waals surface area contributed by atoms with Crippen molar-refractivity contribution >= 4 is 16.8 Å². The van der Waals surface area contributed by atoms with Gasteiger partial charge in [0.1, 0.15) is 5.82 Å². The van der Waals surface area contributed by atoms with Gasteiger partial charge in [0, 0.05) is 13.0 Å². The lowest BCUT2D eigenvalue weighted by Gasteiger charge is -2.34. The van der Waals surface area contributed by atoms with Crippen molar-refractivity contribution in [1.29, 1.82) is 0 Å². The quantitative estimate of drug-likeness (QED) is 0.269. The molecule has 0 spiro atoms. The molecule has 0 saturated heterocycles. The zero-order valence-corrected chi connectivity index (χ0v) is 22.1. The molecule has 1 aromatic heterocycles. The van der Waals surface area contributed by atoms with E-state index >= 15 is 0 Å². The minimum atomic E-state index is -0.278. The number of carbonyl (C=O) groups excluding carboxylic acids is 1. The summed E-state index contributed by atoms with van der Waals surface area (Å²) >= 11 is 0.